The number of carbonyl (C=O) groups excluding carboxylic acids is 1. The third kappa shape index (κ3) is 4.67. The van der Waals surface area contributed by atoms with Gasteiger partial charge in [0.05, 0.1) is 18.1 Å². The summed E-state index contributed by atoms with van der Waals surface area (Å²) >= 11 is 6.06. The third-order valence-electron chi connectivity index (χ3n) is 5.09. The zero-order valence-electron chi connectivity index (χ0n) is 16.9. The molecule has 1 fully saturated rings. The lowest BCUT2D eigenvalue weighted by molar-refractivity contribution is 0.0729. The van der Waals surface area contributed by atoms with Crippen molar-refractivity contribution in [3.8, 4) is 0 Å². The molecule has 0 aliphatic carbocycles. The fourth-order valence-corrected chi connectivity index (χ4v) is 5.31. The number of morpholine rings is 1. The molecule has 1 heterocycles. The van der Waals surface area contributed by atoms with E-state index in [2.05, 4.69) is 0 Å². The van der Waals surface area contributed by atoms with Crippen molar-refractivity contribution in [1.29, 1.82) is 0 Å². The Hall–Kier alpha value is -2.00. The van der Waals surface area contributed by atoms with Gasteiger partial charge in [-0.15, -0.1) is 0 Å². The molecule has 2 aromatic rings. The van der Waals surface area contributed by atoms with Gasteiger partial charge in [-0.25, -0.2) is 12.8 Å². The molecule has 0 saturated carbocycles. The molecule has 1 aliphatic rings. The van der Waals surface area contributed by atoms with Crippen molar-refractivity contribution in [2.24, 2.45) is 0 Å². The van der Waals surface area contributed by atoms with Gasteiger partial charge in [0.15, 0.2) is 0 Å². The minimum atomic E-state index is -3.76. The van der Waals surface area contributed by atoms with Gasteiger partial charge in [-0.05, 0) is 36.2 Å². The van der Waals surface area contributed by atoms with Gasteiger partial charge in [-0.2, -0.15) is 4.31 Å². The van der Waals surface area contributed by atoms with Crippen LogP contribution >= 0.6 is 11.6 Å². The van der Waals surface area contributed by atoms with E-state index in [0.717, 1.165) is 0 Å². The molecule has 1 saturated heterocycles. The van der Waals surface area contributed by atoms with Crippen molar-refractivity contribution in [3.63, 3.8) is 0 Å². The van der Waals surface area contributed by atoms with Crippen LogP contribution in [-0.4, -0.2) is 56.9 Å². The molecule has 30 heavy (non-hydrogen) atoms. The Morgan fingerprint density at radius 2 is 1.93 bits per heavy atom. The fraction of sp³-hybridized carbons (Fsp3) is 0.381. The lowest BCUT2D eigenvalue weighted by Gasteiger charge is -2.27. The van der Waals surface area contributed by atoms with Gasteiger partial charge in [0.25, 0.3) is 5.91 Å². The van der Waals surface area contributed by atoms with Gasteiger partial charge < -0.3 is 9.64 Å². The maximum absolute atomic E-state index is 14.1. The Morgan fingerprint density at radius 3 is 2.57 bits per heavy atom. The van der Waals surface area contributed by atoms with Crippen LogP contribution in [-0.2, 0) is 27.7 Å². The van der Waals surface area contributed by atoms with Gasteiger partial charge in [0.1, 0.15) is 5.82 Å². The van der Waals surface area contributed by atoms with Crippen molar-refractivity contribution in [2.45, 2.75) is 24.8 Å². The first kappa shape index (κ1) is 22.7. The number of amides is 1. The Morgan fingerprint density at radius 1 is 1.23 bits per heavy atom. The van der Waals surface area contributed by atoms with Crippen molar-refractivity contribution in [3.05, 3.63) is 63.9 Å². The molecular formula is C21H24ClFN2O4S. The van der Waals surface area contributed by atoms with Crippen LogP contribution in [0.5, 0.6) is 0 Å². The minimum absolute atomic E-state index is 0.0363. The van der Waals surface area contributed by atoms with E-state index in [4.69, 9.17) is 16.3 Å². The second-order valence-electron chi connectivity index (χ2n) is 7.05. The molecule has 0 bridgehead atoms. The van der Waals surface area contributed by atoms with Crippen molar-refractivity contribution in [2.75, 3.05) is 33.4 Å². The Balaban J connectivity index is 1.91. The first-order chi connectivity index (χ1) is 14.3. The van der Waals surface area contributed by atoms with E-state index in [1.807, 2.05) is 6.92 Å². The zero-order valence-corrected chi connectivity index (χ0v) is 18.5. The highest BCUT2D eigenvalue weighted by molar-refractivity contribution is 7.89. The number of sulfonamides is 1. The SMILES string of the molecule is CCc1ccc(C(=O)N(C)Cc2c(F)cccc2Cl)cc1S(=O)(=O)N1CCOCC1. The van der Waals surface area contributed by atoms with Crippen molar-refractivity contribution in [1.82, 2.24) is 9.21 Å². The minimum Gasteiger partial charge on any atom is -0.379 e. The van der Waals surface area contributed by atoms with Crippen LogP contribution < -0.4 is 0 Å². The number of benzene rings is 2. The average molecular weight is 455 g/mol. The predicted octanol–water partition coefficient (Wildman–Crippen LogP) is 3.33. The monoisotopic (exact) mass is 454 g/mol. The summed E-state index contributed by atoms with van der Waals surface area (Å²) in [6.07, 6.45) is 0.508. The van der Waals surface area contributed by atoms with Gasteiger partial charge in [-0.1, -0.05) is 30.7 Å². The quantitative estimate of drug-likeness (QED) is 0.671. The van der Waals surface area contributed by atoms with Gasteiger partial charge >= 0.3 is 0 Å². The van der Waals surface area contributed by atoms with Crippen LogP contribution in [0.1, 0.15) is 28.4 Å². The molecule has 6 nitrogen and oxygen atoms in total. The average Bonchev–Trinajstić information content (AvgIpc) is 2.75. The normalized spacial score (nSPS) is 15.2. The van der Waals surface area contributed by atoms with Crippen LogP contribution in [0.3, 0.4) is 0 Å². The zero-order chi connectivity index (χ0) is 21.9. The summed E-state index contributed by atoms with van der Waals surface area (Å²) in [7, 11) is -2.23. The Kier molecular flexibility index (Phi) is 7.13. The molecule has 0 unspecified atom stereocenters. The molecule has 1 aliphatic heterocycles. The van der Waals surface area contributed by atoms with Gasteiger partial charge in [-0.3, -0.25) is 4.79 Å². The van der Waals surface area contributed by atoms with Crippen LogP contribution in [0.4, 0.5) is 4.39 Å². The number of aryl methyl sites for hydroxylation is 1. The van der Waals surface area contributed by atoms with Gasteiger partial charge in [0, 0.05) is 42.8 Å². The molecule has 0 aromatic heterocycles. The summed E-state index contributed by atoms with van der Waals surface area (Å²) in [6, 6.07) is 8.99. The fourth-order valence-electron chi connectivity index (χ4n) is 3.36. The van der Waals surface area contributed by atoms with E-state index in [9.17, 15) is 17.6 Å². The maximum atomic E-state index is 14.1. The smallest absolute Gasteiger partial charge is 0.253 e. The number of hydrogen-bond acceptors (Lipinski definition) is 4. The van der Waals surface area contributed by atoms with Gasteiger partial charge in [0.2, 0.25) is 10.0 Å². The highest BCUT2D eigenvalue weighted by Gasteiger charge is 2.29. The maximum Gasteiger partial charge on any atom is 0.253 e. The molecule has 0 radical (unpaired) electrons. The van der Waals surface area contributed by atoms with Crippen molar-refractivity contribution < 1.29 is 22.3 Å². The second kappa shape index (κ2) is 9.43. The molecule has 2 aromatic carbocycles. The standard InChI is InChI=1S/C21H24ClFN2O4S/c1-3-15-7-8-16(13-20(15)30(27,28)25-9-11-29-12-10-25)21(26)24(2)14-17-18(22)5-4-6-19(17)23/h4-8,13H,3,9-12,14H2,1-2H3. The molecular weight excluding hydrogens is 431 g/mol. The second-order valence-corrected chi connectivity index (χ2v) is 9.37. The number of rotatable bonds is 6. The number of halogens is 2. The first-order valence-corrected chi connectivity index (χ1v) is 11.5. The largest absolute Gasteiger partial charge is 0.379 e. The highest BCUT2D eigenvalue weighted by Crippen LogP contribution is 2.25. The third-order valence-corrected chi connectivity index (χ3v) is 7.42. The van der Waals surface area contributed by atoms with E-state index in [1.165, 1.54) is 34.5 Å². The number of carbonyl (C=O) groups is 1. The Bertz CT molecular complexity index is 1020. The molecule has 162 valence electrons. The number of ether oxygens (including phenoxy) is 1. The topological polar surface area (TPSA) is 66.9 Å². The first-order valence-electron chi connectivity index (χ1n) is 9.65. The summed E-state index contributed by atoms with van der Waals surface area (Å²) in [5.74, 6) is -0.922. The Labute approximate surface area is 181 Å². The molecule has 3 rings (SSSR count). The summed E-state index contributed by atoms with van der Waals surface area (Å²) in [6.45, 7) is 3.05. The predicted molar refractivity (Wildman–Crippen MR) is 113 cm³/mol. The molecule has 1 amide bonds. The van der Waals surface area contributed by atoms with Crippen LogP contribution in [0, 0.1) is 5.82 Å². The highest BCUT2D eigenvalue weighted by atomic mass is 35.5. The molecule has 9 heteroatoms. The van der Waals surface area contributed by atoms with Crippen molar-refractivity contribution >= 4 is 27.5 Å². The molecule has 0 atom stereocenters. The molecule has 0 N–H and O–H groups in total. The lowest BCUT2D eigenvalue weighted by Crippen LogP contribution is -2.41. The van der Waals surface area contributed by atoms with Crippen LogP contribution in [0.2, 0.25) is 5.02 Å². The molecule has 0 spiro atoms. The van der Waals surface area contributed by atoms with E-state index in [1.54, 1.807) is 18.2 Å². The van der Waals surface area contributed by atoms with E-state index >= 15 is 0 Å². The van der Waals surface area contributed by atoms with E-state index in [0.29, 0.717) is 25.2 Å². The van der Waals surface area contributed by atoms with E-state index in [-0.39, 0.29) is 40.7 Å². The van der Waals surface area contributed by atoms with Crippen LogP contribution in [0.25, 0.3) is 0 Å². The summed E-state index contributed by atoms with van der Waals surface area (Å²) in [5, 5.41) is 0.228. The summed E-state index contributed by atoms with van der Waals surface area (Å²) < 4.78 is 47.1. The lowest BCUT2D eigenvalue weighted by atomic mass is 10.1. The number of nitrogens with zero attached hydrogens (tertiary/aromatic N) is 2. The summed E-state index contributed by atoms with van der Waals surface area (Å²) in [4.78, 5) is 14.4. The number of hydrogen-bond donors (Lipinski definition) is 0. The van der Waals surface area contributed by atoms with E-state index < -0.39 is 21.7 Å². The van der Waals surface area contributed by atoms with Crippen LogP contribution in [0.15, 0.2) is 41.3 Å². The summed E-state index contributed by atoms with van der Waals surface area (Å²) in [5.41, 5.74) is 1.06.